The van der Waals surface area contributed by atoms with E-state index in [1.54, 1.807) is 37.4 Å². The van der Waals surface area contributed by atoms with Crippen molar-refractivity contribution in [3.05, 3.63) is 52.7 Å². The van der Waals surface area contributed by atoms with Gasteiger partial charge in [-0.05, 0) is 30.7 Å². The van der Waals surface area contributed by atoms with Gasteiger partial charge < -0.3 is 11.1 Å². The number of anilines is 2. The summed E-state index contributed by atoms with van der Waals surface area (Å²) in [6.07, 6.45) is 3.06. The van der Waals surface area contributed by atoms with Crippen LogP contribution in [0, 0.1) is 6.92 Å². The van der Waals surface area contributed by atoms with Crippen LogP contribution in [0.1, 0.15) is 5.56 Å². The molecule has 0 saturated heterocycles. The lowest BCUT2D eigenvalue weighted by molar-refractivity contribution is -0.116. The van der Waals surface area contributed by atoms with E-state index < -0.39 is 5.69 Å². The number of nitrogens with zero attached hydrogens (tertiary/aromatic N) is 2. The van der Waals surface area contributed by atoms with Crippen LogP contribution in [0.3, 0.4) is 0 Å². The van der Waals surface area contributed by atoms with Gasteiger partial charge >= 0.3 is 5.69 Å². The molecule has 0 unspecified atom stereocenters. The van der Waals surface area contributed by atoms with Crippen LogP contribution < -0.4 is 16.7 Å². The summed E-state index contributed by atoms with van der Waals surface area (Å²) >= 11 is 0. The normalized spacial score (nSPS) is 10.2. The smallest absolute Gasteiger partial charge is 0.347 e. The Hall–Kier alpha value is -2.63. The third kappa shape index (κ3) is 3.41. The topological polar surface area (TPSA) is 90.0 Å². The summed E-state index contributed by atoms with van der Waals surface area (Å²) in [5.41, 5.74) is 7.14. The van der Waals surface area contributed by atoms with Gasteiger partial charge in [0.05, 0.1) is 0 Å². The van der Waals surface area contributed by atoms with Crippen molar-refractivity contribution >= 4 is 17.3 Å². The van der Waals surface area contributed by atoms with Crippen molar-refractivity contribution < 1.29 is 4.79 Å². The van der Waals surface area contributed by atoms with Crippen LogP contribution in [0.25, 0.3) is 0 Å². The standard InChI is InChI=1S/C13H14N4O2/c1-9-6-15-13(19)17(7-9)8-12(18)16-11-4-2-3-10(14)5-11/h2-7H,8,14H2,1H3,(H,16,18). The number of amides is 1. The fourth-order valence-corrected chi connectivity index (χ4v) is 1.65. The fourth-order valence-electron chi connectivity index (χ4n) is 1.65. The molecule has 1 heterocycles. The molecule has 1 amide bonds. The molecular weight excluding hydrogens is 244 g/mol. The number of hydrogen-bond donors (Lipinski definition) is 2. The van der Waals surface area contributed by atoms with E-state index in [2.05, 4.69) is 10.3 Å². The molecule has 2 rings (SSSR count). The first-order valence-electron chi connectivity index (χ1n) is 5.73. The second-order valence-electron chi connectivity index (χ2n) is 4.22. The average Bonchev–Trinajstić information content (AvgIpc) is 2.34. The number of nitrogen functional groups attached to an aromatic ring is 1. The third-order valence-electron chi connectivity index (χ3n) is 2.47. The van der Waals surface area contributed by atoms with E-state index in [0.717, 1.165) is 5.56 Å². The lowest BCUT2D eigenvalue weighted by Gasteiger charge is -2.07. The Morgan fingerprint density at radius 3 is 3.00 bits per heavy atom. The van der Waals surface area contributed by atoms with Gasteiger partial charge in [0.25, 0.3) is 0 Å². The molecule has 6 heteroatoms. The number of carbonyl (C=O) groups excluding carboxylic acids is 1. The zero-order chi connectivity index (χ0) is 13.8. The number of benzene rings is 1. The van der Waals surface area contributed by atoms with E-state index >= 15 is 0 Å². The van der Waals surface area contributed by atoms with E-state index in [9.17, 15) is 9.59 Å². The lowest BCUT2D eigenvalue weighted by Crippen LogP contribution is -2.29. The van der Waals surface area contributed by atoms with Crippen LogP contribution in [0.2, 0.25) is 0 Å². The molecule has 6 nitrogen and oxygen atoms in total. The Balaban J connectivity index is 2.09. The van der Waals surface area contributed by atoms with Gasteiger partial charge in [-0.15, -0.1) is 0 Å². The molecule has 1 aromatic heterocycles. The Bertz CT molecular complexity index is 664. The molecule has 0 aliphatic rings. The van der Waals surface area contributed by atoms with Gasteiger partial charge in [-0.1, -0.05) is 6.07 Å². The van der Waals surface area contributed by atoms with Crippen molar-refractivity contribution in [3.8, 4) is 0 Å². The molecule has 1 aromatic carbocycles. The summed E-state index contributed by atoms with van der Waals surface area (Å²) in [5.74, 6) is -0.305. The monoisotopic (exact) mass is 258 g/mol. The van der Waals surface area contributed by atoms with Gasteiger partial charge in [-0.2, -0.15) is 0 Å². The maximum absolute atomic E-state index is 11.8. The first kappa shape index (κ1) is 12.8. The summed E-state index contributed by atoms with van der Waals surface area (Å²) in [6.45, 7) is 1.72. The quantitative estimate of drug-likeness (QED) is 0.796. The van der Waals surface area contributed by atoms with Crippen molar-refractivity contribution in [1.29, 1.82) is 0 Å². The Kier molecular flexibility index (Phi) is 3.61. The van der Waals surface area contributed by atoms with Gasteiger partial charge in [-0.25, -0.2) is 9.78 Å². The molecule has 0 spiro atoms. The second-order valence-corrected chi connectivity index (χ2v) is 4.22. The average molecular weight is 258 g/mol. The van der Waals surface area contributed by atoms with Gasteiger partial charge in [0.2, 0.25) is 5.91 Å². The Morgan fingerprint density at radius 2 is 2.26 bits per heavy atom. The molecule has 0 bridgehead atoms. The summed E-state index contributed by atoms with van der Waals surface area (Å²) < 4.78 is 1.26. The molecule has 0 fully saturated rings. The molecule has 0 saturated carbocycles. The van der Waals surface area contributed by atoms with Crippen LogP contribution in [0.5, 0.6) is 0 Å². The minimum absolute atomic E-state index is 0.0810. The molecule has 0 aliphatic carbocycles. The number of hydrogen-bond acceptors (Lipinski definition) is 4. The highest BCUT2D eigenvalue weighted by molar-refractivity contribution is 5.90. The molecule has 0 aliphatic heterocycles. The van der Waals surface area contributed by atoms with Gasteiger partial charge in [0.1, 0.15) is 6.54 Å². The predicted molar refractivity (Wildman–Crippen MR) is 72.7 cm³/mol. The highest BCUT2D eigenvalue weighted by Crippen LogP contribution is 2.11. The van der Waals surface area contributed by atoms with Crippen molar-refractivity contribution in [3.63, 3.8) is 0 Å². The largest absolute Gasteiger partial charge is 0.399 e. The summed E-state index contributed by atoms with van der Waals surface area (Å²) in [6, 6.07) is 6.84. The SMILES string of the molecule is Cc1cnc(=O)n(CC(=O)Nc2cccc(N)c2)c1. The van der Waals surface area contributed by atoms with E-state index in [-0.39, 0.29) is 12.5 Å². The van der Waals surface area contributed by atoms with Crippen molar-refractivity contribution in [2.45, 2.75) is 13.5 Å². The molecule has 0 atom stereocenters. The predicted octanol–water partition coefficient (Wildman–Crippen LogP) is 0.773. The summed E-state index contributed by atoms with van der Waals surface area (Å²) in [4.78, 5) is 26.9. The second kappa shape index (κ2) is 5.34. The van der Waals surface area contributed by atoms with Crippen molar-refractivity contribution in [2.24, 2.45) is 0 Å². The number of nitrogens with one attached hydrogen (secondary N) is 1. The Labute approximate surface area is 109 Å². The zero-order valence-corrected chi connectivity index (χ0v) is 10.5. The van der Waals surface area contributed by atoms with Crippen molar-refractivity contribution in [1.82, 2.24) is 9.55 Å². The number of nitrogens with two attached hydrogens (primary N) is 1. The van der Waals surface area contributed by atoms with Gasteiger partial charge in [-0.3, -0.25) is 9.36 Å². The molecule has 98 valence electrons. The van der Waals surface area contributed by atoms with E-state index in [0.29, 0.717) is 11.4 Å². The van der Waals surface area contributed by atoms with E-state index in [4.69, 9.17) is 5.73 Å². The van der Waals surface area contributed by atoms with Crippen LogP contribution >= 0.6 is 0 Å². The maximum atomic E-state index is 11.8. The Morgan fingerprint density at radius 1 is 1.47 bits per heavy atom. The molecule has 2 aromatic rings. The van der Waals surface area contributed by atoms with Crippen LogP contribution in [0.4, 0.5) is 11.4 Å². The molecule has 19 heavy (non-hydrogen) atoms. The highest BCUT2D eigenvalue weighted by Gasteiger charge is 2.06. The maximum Gasteiger partial charge on any atom is 0.347 e. The molecule has 0 radical (unpaired) electrons. The summed E-state index contributed by atoms with van der Waals surface area (Å²) in [7, 11) is 0. The first-order valence-corrected chi connectivity index (χ1v) is 5.73. The van der Waals surface area contributed by atoms with Crippen LogP contribution in [-0.4, -0.2) is 15.5 Å². The number of carbonyl (C=O) groups is 1. The van der Waals surface area contributed by atoms with E-state index in [1.165, 1.54) is 10.8 Å². The van der Waals surface area contributed by atoms with Crippen LogP contribution in [-0.2, 0) is 11.3 Å². The first-order chi connectivity index (χ1) is 9.04. The lowest BCUT2D eigenvalue weighted by atomic mass is 10.3. The number of aryl methyl sites for hydroxylation is 1. The third-order valence-corrected chi connectivity index (χ3v) is 2.47. The van der Waals surface area contributed by atoms with Crippen molar-refractivity contribution in [2.75, 3.05) is 11.1 Å². The molecule has 3 N–H and O–H groups in total. The van der Waals surface area contributed by atoms with E-state index in [1.807, 2.05) is 0 Å². The fraction of sp³-hybridized carbons (Fsp3) is 0.154. The summed E-state index contributed by atoms with van der Waals surface area (Å²) in [5, 5.41) is 2.67. The van der Waals surface area contributed by atoms with Gasteiger partial charge in [0, 0.05) is 23.8 Å². The van der Waals surface area contributed by atoms with Crippen LogP contribution in [0.15, 0.2) is 41.5 Å². The number of aromatic nitrogens is 2. The molecular formula is C13H14N4O2. The minimum atomic E-state index is -0.451. The minimum Gasteiger partial charge on any atom is -0.399 e. The van der Waals surface area contributed by atoms with Gasteiger partial charge in [0.15, 0.2) is 0 Å². The highest BCUT2D eigenvalue weighted by atomic mass is 16.2. The number of rotatable bonds is 3. The zero-order valence-electron chi connectivity index (χ0n) is 10.5.